The zero-order valence-corrected chi connectivity index (χ0v) is 20.9. The van der Waals surface area contributed by atoms with Crippen LogP contribution in [0.3, 0.4) is 0 Å². The lowest BCUT2D eigenvalue weighted by molar-refractivity contribution is -0.143. The number of hydrogen-bond acceptors (Lipinski definition) is 4. The smallest absolute Gasteiger partial charge is 0.306 e. The predicted octanol–water partition coefficient (Wildman–Crippen LogP) is 4.78. The average molecular weight is 467 g/mol. The SMILES string of the molecule is CCc1cccc(C)c1N1CC(c2cc(C)c(CN3CCC(C(=O)O)CC3)c(C)c2)C1.O=CO. The van der Waals surface area contributed by atoms with E-state index in [1.165, 1.54) is 39.1 Å². The summed E-state index contributed by atoms with van der Waals surface area (Å²) in [7, 11) is 0. The molecular formula is C28H38N2O4. The van der Waals surface area contributed by atoms with Crippen molar-refractivity contribution < 1.29 is 19.8 Å². The summed E-state index contributed by atoms with van der Waals surface area (Å²) in [5.74, 6) is -0.200. The standard InChI is InChI=1S/C27H36N2O2.CH2O2/c1-5-21-8-6-7-18(2)26(21)29-15-24(16-29)23-13-19(3)25(20(4)14-23)17-28-11-9-22(10-12-28)27(30)31;2-1-3/h6-8,13-14,22,24H,5,9-12,15-17H2,1-4H3,(H,30,31);1H,(H,2,3). The fourth-order valence-electron chi connectivity index (χ4n) is 5.40. The molecular weight excluding hydrogens is 428 g/mol. The summed E-state index contributed by atoms with van der Waals surface area (Å²) in [6, 6.07) is 11.5. The van der Waals surface area contributed by atoms with Gasteiger partial charge in [0.15, 0.2) is 0 Å². The third kappa shape index (κ3) is 5.79. The number of benzene rings is 2. The van der Waals surface area contributed by atoms with E-state index >= 15 is 0 Å². The summed E-state index contributed by atoms with van der Waals surface area (Å²) < 4.78 is 0. The van der Waals surface area contributed by atoms with Gasteiger partial charge in [-0.3, -0.25) is 14.5 Å². The predicted molar refractivity (Wildman–Crippen MR) is 136 cm³/mol. The van der Waals surface area contributed by atoms with Gasteiger partial charge in [-0.15, -0.1) is 0 Å². The van der Waals surface area contributed by atoms with Crippen molar-refractivity contribution in [2.45, 2.75) is 59.4 Å². The van der Waals surface area contributed by atoms with E-state index in [9.17, 15) is 9.90 Å². The van der Waals surface area contributed by atoms with Crippen molar-refractivity contribution in [1.29, 1.82) is 0 Å². The minimum atomic E-state index is -0.636. The molecule has 184 valence electrons. The summed E-state index contributed by atoms with van der Waals surface area (Å²) in [6.45, 7) is 13.6. The first-order chi connectivity index (χ1) is 16.3. The number of likely N-dealkylation sites (tertiary alicyclic amines) is 1. The van der Waals surface area contributed by atoms with Crippen LogP contribution in [0.4, 0.5) is 5.69 Å². The number of hydrogen-bond donors (Lipinski definition) is 2. The average Bonchev–Trinajstić information content (AvgIpc) is 2.77. The number of rotatable bonds is 6. The second kappa shape index (κ2) is 11.5. The Bertz CT molecular complexity index is 982. The molecule has 0 atom stereocenters. The van der Waals surface area contributed by atoms with Crippen LogP contribution in [0.2, 0.25) is 0 Å². The van der Waals surface area contributed by atoms with Crippen LogP contribution in [-0.4, -0.2) is 53.7 Å². The number of carboxylic acid groups (broad SMARTS) is 2. The molecule has 0 aliphatic carbocycles. The van der Waals surface area contributed by atoms with E-state index < -0.39 is 5.97 Å². The lowest BCUT2D eigenvalue weighted by atomic mass is 9.86. The number of carboxylic acids is 1. The monoisotopic (exact) mass is 466 g/mol. The minimum Gasteiger partial charge on any atom is -0.483 e. The Balaban J connectivity index is 0.00000103. The Kier molecular flexibility index (Phi) is 8.72. The van der Waals surface area contributed by atoms with Gasteiger partial charge in [-0.2, -0.15) is 0 Å². The van der Waals surface area contributed by atoms with Crippen LogP contribution >= 0.6 is 0 Å². The fraction of sp³-hybridized carbons (Fsp3) is 0.500. The Morgan fingerprint density at radius 2 is 1.65 bits per heavy atom. The summed E-state index contributed by atoms with van der Waals surface area (Å²) in [4.78, 5) is 24.5. The molecule has 4 rings (SSSR count). The fourth-order valence-corrected chi connectivity index (χ4v) is 5.40. The van der Waals surface area contributed by atoms with Crippen LogP contribution in [0.15, 0.2) is 30.3 Å². The second-order valence-corrected chi connectivity index (χ2v) is 9.67. The molecule has 2 saturated heterocycles. The lowest BCUT2D eigenvalue weighted by Crippen LogP contribution is -2.46. The first kappa shape index (κ1) is 25.8. The van der Waals surface area contributed by atoms with Crippen LogP contribution in [0.5, 0.6) is 0 Å². The topological polar surface area (TPSA) is 81.1 Å². The number of aryl methyl sites for hydroxylation is 4. The second-order valence-electron chi connectivity index (χ2n) is 9.67. The zero-order valence-electron chi connectivity index (χ0n) is 20.9. The Morgan fingerprint density at radius 3 is 2.18 bits per heavy atom. The number of carbonyl (C=O) groups is 2. The minimum absolute atomic E-state index is 0.163. The van der Waals surface area contributed by atoms with E-state index in [4.69, 9.17) is 9.90 Å². The number of nitrogens with zero attached hydrogens (tertiary/aromatic N) is 2. The van der Waals surface area contributed by atoms with Crippen LogP contribution in [0, 0.1) is 26.7 Å². The Hall–Kier alpha value is -2.86. The molecule has 6 heteroatoms. The molecule has 0 bridgehead atoms. The van der Waals surface area contributed by atoms with E-state index in [-0.39, 0.29) is 12.4 Å². The van der Waals surface area contributed by atoms with Crippen molar-refractivity contribution >= 4 is 18.1 Å². The normalized spacial score (nSPS) is 17.0. The van der Waals surface area contributed by atoms with E-state index in [0.29, 0.717) is 5.92 Å². The van der Waals surface area contributed by atoms with Crippen LogP contribution in [-0.2, 0) is 22.6 Å². The molecule has 2 aliphatic heterocycles. The van der Waals surface area contributed by atoms with Gasteiger partial charge < -0.3 is 15.1 Å². The lowest BCUT2D eigenvalue weighted by Gasteiger charge is -2.43. The first-order valence-electron chi connectivity index (χ1n) is 12.2. The number of para-hydroxylation sites is 1. The van der Waals surface area contributed by atoms with Gasteiger partial charge in [0, 0.05) is 31.2 Å². The molecule has 0 unspecified atom stereocenters. The summed E-state index contributed by atoms with van der Waals surface area (Å²) in [5.41, 5.74) is 9.90. The molecule has 0 aromatic heterocycles. The van der Waals surface area contributed by atoms with Crippen molar-refractivity contribution in [3.63, 3.8) is 0 Å². The molecule has 2 aromatic carbocycles. The highest BCUT2D eigenvalue weighted by atomic mass is 16.4. The van der Waals surface area contributed by atoms with Gasteiger partial charge in [-0.1, -0.05) is 37.3 Å². The Morgan fingerprint density at radius 1 is 1.06 bits per heavy atom. The third-order valence-electron chi connectivity index (χ3n) is 7.41. The van der Waals surface area contributed by atoms with E-state index in [1.54, 1.807) is 0 Å². The van der Waals surface area contributed by atoms with Gasteiger partial charge in [0.05, 0.1) is 5.92 Å². The van der Waals surface area contributed by atoms with Crippen molar-refractivity contribution in [2.24, 2.45) is 5.92 Å². The zero-order chi connectivity index (χ0) is 24.8. The molecule has 0 radical (unpaired) electrons. The van der Waals surface area contributed by atoms with Crippen LogP contribution in [0.25, 0.3) is 0 Å². The molecule has 0 spiro atoms. The molecule has 2 aliphatic rings. The first-order valence-corrected chi connectivity index (χ1v) is 12.2. The maximum Gasteiger partial charge on any atom is 0.306 e. The highest BCUT2D eigenvalue weighted by Gasteiger charge is 2.31. The van der Waals surface area contributed by atoms with Crippen molar-refractivity contribution in [2.75, 3.05) is 31.1 Å². The molecule has 0 saturated carbocycles. The Labute approximate surface area is 203 Å². The number of anilines is 1. The molecule has 6 nitrogen and oxygen atoms in total. The maximum absolute atomic E-state index is 11.2. The molecule has 2 fully saturated rings. The van der Waals surface area contributed by atoms with Crippen molar-refractivity contribution in [1.82, 2.24) is 4.90 Å². The molecule has 2 aromatic rings. The summed E-state index contributed by atoms with van der Waals surface area (Å²) in [6.07, 6.45) is 2.61. The summed E-state index contributed by atoms with van der Waals surface area (Å²) in [5, 5.41) is 16.1. The molecule has 34 heavy (non-hydrogen) atoms. The van der Waals surface area contributed by atoms with Crippen molar-refractivity contribution in [3.8, 4) is 0 Å². The van der Waals surface area contributed by atoms with Crippen LogP contribution < -0.4 is 4.90 Å². The van der Waals surface area contributed by atoms with E-state index in [0.717, 1.165) is 52.0 Å². The van der Waals surface area contributed by atoms with Crippen molar-refractivity contribution in [3.05, 3.63) is 63.7 Å². The van der Waals surface area contributed by atoms with Gasteiger partial charge in [0.25, 0.3) is 6.47 Å². The molecule has 2 heterocycles. The van der Waals surface area contributed by atoms with Crippen LogP contribution in [0.1, 0.15) is 59.1 Å². The van der Waals surface area contributed by atoms with Gasteiger partial charge in [0.1, 0.15) is 0 Å². The van der Waals surface area contributed by atoms with Gasteiger partial charge >= 0.3 is 5.97 Å². The van der Waals surface area contributed by atoms with E-state index in [1.807, 2.05) is 0 Å². The van der Waals surface area contributed by atoms with Gasteiger partial charge in [-0.25, -0.2) is 0 Å². The number of piperidine rings is 1. The van der Waals surface area contributed by atoms with E-state index in [2.05, 4.69) is 67.8 Å². The quantitative estimate of drug-likeness (QED) is 0.597. The van der Waals surface area contributed by atoms with Gasteiger partial charge in [-0.05, 0) is 86.5 Å². The summed E-state index contributed by atoms with van der Waals surface area (Å²) >= 11 is 0. The highest BCUT2D eigenvalue weighted by Crippen LogP contribution is 2.37. The molecule has 0 amide bonds. The highest BCUT2D eigenvalue weighted by molar-refractivity contribution is 5.70. The third-order valence-corrected chi connectivity index (χ3v) is 7.41. The largest absolute Gasteiger partial charge is 0.483 e. The van der Waals surface area contributed by atoms with Gasteiger partial charge in [0.2, 0.25) is 0 Å². The maximum atomic E-state index is 11.2. The molecule has 2 N–H and O–H groups in total. The number of aliphatic carboxylic acids is 1.